The minimum atomic E-state index is 0.355. The molecule has 3 heteroatoms. The molecule has 0 unspecified atom stereocenters. The topological polar surface area (TPSA) is 45.0 Å². The van der Waals surface area contributed by atoms with Gasteiger partial charge in [-0.05, 0) is 19.1 Å². The first-order valence-corrected chi connectivity index (χ1v) is 4.69. The summed E-state index contributed by atoms with van der Waals surface area (Å²) in [7, 11) is 0. The molecule has 0 radical (unpaired) electrons. The summed E-state index contributed by atoms with van der Waals surface area (Å²) in [4.78, 5) is 0. The maximum atomic E-state index is 8.74. The maximum Gasteiger partial charge on any atom is 0.125 e. The summed E-state index contributed by atoms with van der Waals surface area (Å²) in [6, 6.07) is 8.03. The van der Waals surface area contributed by atoms with Crippen LogP contribution < -0.4 is 10.1 Å². The minimum absolute atomic E-state index is 0.355. The van der Waals surface area contributed by atoms with E-state index in [1.165, 1.54) is 0 Å². The highest BCUT2D eigenvalue weighted by molar-refractivity contribution is 5.42. The van der Waals surface area contributed by atoms with Gasteiger partial charge in [0.15, 0.2) is 0 Å². The summed E-state index contributed by atoms with van der Waals surface area (Å²) >= 11 is 0. The molecule has 0 aromatic heterocycles. The molecule has 2 rings (SSSR count). The van der Waals surface area contributed by atoms with Crippen LogP contribution in [0.1, 0.15) is 18.1 Å². The summed E-state index contributed by atoms with van der Waals surface area (Å²) in [5, 5.41) is 12.1. The summed E-state index contributed by atoms with van der Waals surface area (Å²) in [6.45, 7) is 3.54. The molecule has 1 aromatic carbocycles. The third-order valence-corrected chi connectivity index (χ3v) is 2.33. The van der Waals surface area contributed by atoms with Crippen LogP contribution in [-0.2, 0) is 6.54 Å². The fourth-order valence-electron chi connectivity index (χ4n) is 1.46. The molecular weight excluding hydrogens is 176 g/mol. The van der Waals surface area contributed by atoms with Crippen molar-refractivity contribution in [1.29, 1.82) is 5.26 Å². The summed E-state index contributed by atoms with van der Waals surface area (Å²) in [5.41, 5.74) is 1.77. The first-order valence-electron chi connectivity index (χ1n) is 4.69. The van der Waals surface area contributed by atoms with E-state index >= 15 is 0 Å². The van der Waals surface area contributed by atoms with E-state index in [9.17, 15) is 0 Å². The van der Waals surface area contributed by atoms with Crippen LogP contribution in [-0.4, -0.2) is 12.6 Å². The van der Waals surface area contributed by atoms with Gasteiger partial charge in [0.05, 0.1) is 11.6 Å². The maximum absolute atomic E-state index is 8.74. The summed E-state index contributed by atoms with van der Waals surface area (Å²) < 4.78 is 5.59. The summed E-state index contributed by atoms with van der Waals surface area (Å²) in [5.74, 6) is 0.834. The molecule has 1 atom stereocenters. The lowest BCUT2D eigenvalue weighted by molar-refractivity contribution is 0.287. The molecule has 0 saturated heterocycles. The van der Waals surface area contributed by atoms with E-state index in [0.29, 0.717) is 18.2 Å². The number of nitrogens with zero attached hydrogens (tertiary/aromatic N) is 1. The zero-order valence-corrected chi connectivity index (χ0v) is 8.08. The van der Waals surface area contributed by atoms with Gasteiger partial charge >= 0.3 is 0 Å². The van der Waals surface area contributed by atoms with E-state index in [4.69, 9.17) is 10.00 Å². The highest BCUT2D eigenvalue weighted by Gasteiger charge is 2.12. The number of nitriles is 1. The van der Waals surface area contributed by atoms with Crippen molar-refractivity contribution in [1.82, 2.24) is 5.32 Å². The molecule has 0 aliphatic carbocycles. The third kappa shape index (κ3) is 1.70. The van der Waals surface area contributed by atoms with Gasteiger partial charge in [-0.1, -0.05) is 6.07 Å². The van der Waals surface area contributed by atoms with Crippen molar-refractivity contribution in [3.8, 4) is 11.8 Å². The summed E-state index contributed by atoms with van der Waals surface area (Å²) in [6.07, 6.45) is 0. The zero-order valence-electron chi connectivity index (χ0n) is 8.08. The first kappa shape index (κ1) is 9.04. The molecule has 72 valence electrons. The Morgan fingerprint density at radius 2 is 2.43 bits per heavy atom. The average molecular weight is 188 g/mol. The van der Waals surface area contributed by atoms with Gasteiger partial charge in [0.25, 0.3) is 0 Å². The van der Waals surface area contributed by atoms with Crippen molar-refractivity contribution in [3.63, 3.8) is 0 Å². The van der Waals surface area contributed by atoms with E-state index in [1.54, 1.807) is 6.07 Å². The number of nitrogens with one attached hydrogen (secondary N) is 1. The van der Waals surface area contributed by atoms with E-state index in [-0.39, 0.29) is 0 Å². The number of fused-ring (bicyclic) bond motifs is 1. The Kier molecular flexibility index (Phi) is 2.38. The van der Waals surface area contributed by atoms with Crippen LogP contribution >= 0.6 is 0 Å². The Morgan fingerprint density at radius 1 is 1.57 bits per heavy atom. The van der Waals surface area contributed by atoms with Crippen LogP contribution in [0.4, 0.5) is 0 Å². The van der Waals surface area contributed by atoms with Crippen molar-refractivity contribution in [2.75, 3.05) is 6.61 Å². The Hall–Kier alpha value is -1.53. The van der Waals surface area contributed by atoms with Gasteiger partial charge in [-0.15, -0.1) is 0 Å². The number of benzene rings is 1. The van der Waals surface area contributed by atoms with E-state index in [0.717, 1.165) is 17.9 Å². The Balaban J connectivity index is 2.33. The molecule has 1 aliphatic rings. The highest BCUT2D eigenvalue weighted by Crippen LogP contribution is 2.22. The third-order valence-electron chi connectivity index (χ3n) is 2.33. The fraction of sp³-hybridized carbons (Fsp3) is 0.364. The number of ether oxygens (including phenoxy) is 1. The lowest BCUT2D eigenvalue weighted by Crippen LogP contribution is -2.28. The van der Waals surface area contributed by atoms with Crippen molar-refractivity contribution in [2.45, 2.75) is 19.5 Å². The van der Waals surface area contributed by atoms with E-state index in [2.05, 4.69) is 18.3 Å². The Labute approximate surface area is 83.3 Å². The second kappa shape index (κ2) is 3.69. The van der Waals surface area contributed by atoms with Crippen molar-refractivity contribution >= 4 is 0 Å². The average Bonchev–Trinajstić information content (AvgIpc) is 2.40. The van der Waals surface area contributed by atoms with Gasteiger partial charge in [0.1, 0.15) is 12.4 Å². The van der Waals surface area contributed by atoms with Crippen LogP contribution in [0, 0.1) is 11.3 Å². The van der Waals surface area contributed by atoms with Crippen molar-refractivity contribution < 1.29 is 4.74 Å². The minimum Gasteiger partial charge on any atom is -0.492 e. The molecule has 0 amide bonds. The normalized spacial score (nSPS) is 20.1. The molecule has 14 heavy (non-hydrogen) atoms. The number of rotatable bonds is 0. The van der Waals surface area contributed by atoms with Gasteiger partial charge < -0.3 is 10.1 Å². The van der Waals surface area contributed by atoms with Crippen LogP contribution in [0.15, 0.2) is 18.2 Å². The molecule has 0 saturated carbocycles. The van der Waals surface area contributed by atoms with Crippen LogP contribution in [0.25, 0.3) is 0 Å². The largest absolute Gasteiger partial charge is 0.492 e. The van der Waals surface area contributed by atoms with E-state index < -0.39 is 0 Å². The van der Waals surface area contributed by atoms with Crippen LogP contribution in [0.5, 0.6) is 5.75 Å². The zero-order chi connectivity index (χ0) is 9.97. The van der Waals surface area contributed by atoms with Crippen molar-refractivity contribution in [3.05, 3.63) is 29.3 Å². The SMILES string of the molecule is C[C@H]1COc2cc(C#N)ccc2CN1. The second-order valence-corrected chi connectivity index (χ2v) is 3.53. The highest BCUT2D eigenvalue weighted by atomic mass is 16.5. The molecule has 1 heterocycles. The standard InChI is InChI=1S/C11H12N2O/c1-8-7-14-11-4-9(5-12)2-3-10(11)6-13-8/h2-4,8,13H,6-7H2,1H3/t8-/m0/s1. The van der Waals surface area contributed by atoms with Gasteiger partial charge in [-0.2, -0.15) is 5.26 Å². The molecule has 1 N–H and O–H groups in total. The van der Waals surface area contributed by atoms with Crippen molar-refractivity contribution in [2.24, 2.45) is 0 Å². The Morgan fingerprint density at radius 3 is 3.21 bits per heavy atom. The molecule has 0 fully saturated rings. The lowest BCUT2D eigenvalue weighted by Gasteiger charge is -2.07. The van der Waals surface area contributed by atoms with Gasteiger partial charge in [0.2, 0.25) is 0 Å². The molecule has 1 aliphatic heterocycles. The number of hydrogen-bond donors (Lipinski definition) is 1. The quantitative estimate of drug-likeness (QED) is 0.669. The predicted octanol–water partition coefficient (Wildman–Crippen LogP) is 1.43. The van der Waals surface area contributed by atoms with Crippen LogP contribution in [0.3, 0.4) is 0 Å². The first-order chi connectivity index (χ1) is 6.79. The molecule has 0 spiro atoms. The van der Waals surface area contributed by atoms with E-state index in [1.807, 2.05) is 12.1 Å². The van der Waals surface area contributed by atoms with Gasteiger partial charge in [-0.3, -0.25) is 0 Å². The fourth-order valence-corrected chi connectivity index (χ4v) is 1.46. The smallest absolute Gasteiger partial charge is 0.125 e. The predicted molar refractivity (Wildman–Crippen MR) is 53.0 cm³/mol. The van der Waals surface area contributed by atoms with Crippen LogP contribution in [0.2, 0.25) is 0 Å². The Bertz CT molecular complexity index is 381. The number of hydrogen-bond acceptors (Lipinski definition) is 3. The molecule has 0 bridgehead atoms. The molecule has 3 nitrogen and oxygen atoms in total. The van der Waals surface area contributed by atoms with Gasteiger partial charge in [0, 0.05) is 18.2 Å². The van der Waals surface area contributed by atoms with Gasteiger partial charge in [-0.25, -0.2) is 0 Å². The monoisotopic (exact) mass is 188 g/mol. The molecule has 1 aromatic rings. The lowest BCUT2D eigenvalue weighted by atomic mass is 10.1. The molecular formula is C11H12N2O. The second-order valence-electron chi connectivity index (χ2n) is 3.53.